The third-order valence-electron chi connectivity index (χ3n) is 5.75. The molecular weight excluding hydrogens is 531 g/mol. The Kier molecular flexibility index (Phi) is 9.37. The average molecular weight is 564 g/mol. The second-order valence-corrected chi connectivity index (χ2v) is 8.19. The van der Waals surface area contributed by atoms with E-state index in [1.807, 2.05) is 30.0 Å². The molecule has 2 aromatic carbocycles. The van der Waals surface area contributed by atoms with Gasteiger partial charge in [0, 0.05) is 30.8 Å². The molecule has 1 saturated heterocycles. The van der Waals surface area contributed by atoms with Crippen molar-refractivity contribution < 1.29 is 14.3 Å². The van der Waals surface area contributed by atoms with Crippen molar-refractivity contribution in [1.29, 1.82) is 0 Å². The largest absolute Gasteiger partial charge is 0.488 e. The van der Waals surface area contributed by atoms with Gasteiger partial charge < -0.3 is 25.0 Å². The first-order valence-electron chi connectivity index (χ1n) is 11.4. The van der Waals surface area contributed by atoms with Gasteiger partial charge in [0.2, 0.25) is 5.91 Å². The number of rotatable bonds is 7. The number of anilines is 1. The molecule has 8 heteroatoms. The van der Waals surface area contributed by atoms with Crippen molar-refractivity contribution in [3.63, 3.8) is 0 Å². The lowest BCUT2D eigenvalue weighted by Gasteiger charge is -2.19. The summed E-state index contributed by atoms with van der Waals surface area (Å²) in [6.07, 6.45) is 1.90. The molecule has 4 rings (SSSR count). The first kappa shape index (κ1) is 25.3. The van der Waals surface area contributed by atoms with E-state index in [1.54, 1.807) is 0 Å². The summed E-state index contributed by atoms with van der Waals surface area (Å²) in [6, 6.07) is 14.3. The van der Waals surface area contributed by atoms with Crippen LogP contribution in [0.1, 0.15) is 30.0 Å². The van der Waals surface area contributed by atoms with Gasteiger partial charge in [0.15, 0.2) is 5.96 Å². The van der Waals surface area contributed by atoms with Gasteiger partial charge in [-0.1, -0.05) is 30.3 Å². The molecule has 1 unspecified atom stereocenters. The van der Waals surface area contributed by atoms with Crippen molar-refractivity contribution in [2.45, 2.75) is 39.3 Å². The SMILES string of the molecule is CCNC(=NCc1ccc(C)cc1OC1CCOC1)NCC(=O)N1CCc2ccccc21.I. The molecule has 7 nitrogen and oxygen atoms in total. The van der Waals surface area contributed by atoms with Gasteiger partial charge in [-0.25, -0.2) is 4.99 Å². The van der Waals surface area contributed by atoms with E-state index in [1.165, 1.54) is 5.56 Å². The Labute approximate surface area is 213 Å². The molecule has 0 aliphatic carbocycles. The monoisotopic (exact) mass is 564 g/mol. The van der Waals surface area contributed by atoms with Crippen molar-refractivity contribution in [3.8, 4) is 5.75 Å². The lowest BCUT2D eigenvalue weighted by atomic mass is 10.1. The zero-order valence-electron chi connectivity index (χ0n) is 19.3. The first-order chi connectivity index (χ1) is 15.6. The van der Waals surface area contributed by atoms with Gasteiger partial charge in [0.1, 0.15) is 11.9 Å². The zero-order valence-corrected chi connectivity index (χ0v) is 21.6. The van der Waals surface area contributed by atoms with Crippen LogP contribution in [0.25, 0.3) is 0 Å². The highest BCUT2D eigenvalue weighted by atomic mass is 127. The summed E-state index contributed by atoms with van der Waals surface area (Å²) in [5, 5.41) is 6.42. The minimum absolute atomic E-state index is 0. The van der Waals surface area contributed by atoms with Gasteiger partial charge in [-0.05, 0) is 43.5 Å². The van der Waals surface area contributed by atoms with Crippen LogP contribution in [0.3, 0.4) is 0 Å². The molecule has 2 aromatic rings. The molecule has 0 aromatic heterocycles. The highest BCUT2D eigenvalue weighted by molar-refractivity contribution is 14.0. The summed E-state index contributed by atoms with van der Waals surface area (Å²) in [5.41, 5.74) is 4.40. The van der Waals surface area contributed by atoms with Crippen LogP contribution < -0.4 is 20.3 Å². The second-order valence-electron chi connectivity index (χ2n) is 8.19. The molecule has 2 aliphatic heterocycles. The molecular formula is C25H33IN4O3. The third kappa shape index (κ3) is 6.60. The minimum atomic E-state index is 0. The van der Waals surface area contributed by atoms with Gasteiger partial charge in [0.25, 0.3) is 0 Å². The number of hydrogen-bond donors (Lipinski definition) is 2. The number of nitrogens with one attached hydrogen (secondary N) is 2. The summed E-state index contributed by atoms with van der Waals surface area (Å²) in [4.78, 5) is 19.4. The lowest BCUT2D eigenvalue weighted by Crippen LogP contribution is -2.44. The topological polar surface area (TPSA) is 75.2 Å². The van der Waals surface area contributed by atoms with E-state index in [2.05, 4.69) is 41.8 Å². The maximum absolute atomic E-state index is 12.8. The smallest absolute Gasteiger partial charge is 0.246 e. The molecule has 1 atom stereocenters. The van der Waals surface area contributed by atoms with Gasteiger partial charge in [-0.3, -0.25) is 4.79 Å². The normalized spacial score (nSPS) is 17.3. The summed E-state index contributed by atoms with van der Waals surface area (Å²) >= 11 is 0. The second kappa shape index (κ2) is 12.2. The number of aryl methyl sites for hydroxylation is 1. The Balaban J connectivity index is 0.00000306. The number of carbonyl (C=O) groups excluding carboxylic acids is 1. The number of aliphatic imine (C=N–C) groups is 1. The molecule has 0 bridgehead atoms. The first-order valence-corrected chi connectivity index (χ1v) is 11.4. The van der Waals surface area contributed by atoms with E-state index >= 15 is 0 Å². The summed E-state index contributed by atoms with van der Waals surface area (Å²) in [7, 11) is 0. The Morgan fingerprint density at radius 3 is 2.88 bits per heavy atom. The van der Waals surface area contributed by atoms with E-state index in [4.69, 9.17) is 14.5 Å². The third-order valence-corrected chi connectivity index (χ3v) is 5.75. The molecule has 2 N–H and O–H groups in total. The van der Waals surface area contributed by atoms with Crippen molar-refractivity contribution >= 4 is 41.5 Å². The molecule has 2 heterocycles. The van der Waals surface area contributed by atoms with Crippen LogP contribution in [0.2, 0.25) is 0 Å². The standard InChI is InChI=1S/C25H32N4O3.HI/c1-3-26-25(28-16-24(30)29-12-10-19-6-4-5-7-22(19)29)27-15-20-9-8-18(2)14-23(20)32-21-11-13-31-17-21;/h4-9,14,21H,3,10-13,15-17H2,1-2H3,(H2,26,27,28);1H. The number of fused-ring (bicyclic) bond motifs is 1. The van der Waals surface area contributed by atoms with E-state index in [9.17, 15) is 4.79 Å². The van der Waals surface area contributed by atoms with Gasteiger partial charge >= 0.3 is 0 Å². The van der Waals surface area contributed by atoms with Crippen molar-refractivity contribution in [2.24, 2.45) is 4.99 Å². The number of halogens is 1. The maximum Gasteiger partial charge on any atom is 0.246 e. The van der Waals surface area contributed by atoms with Gasteiger partial charge in [-0.15, -0.1) is 24.0 Å². The van der Waals surface area contributed by atoms with Crippen molar-refractivity contribution in [3.05, 3.63) is 59.2 Å². The Bertz CT molecular complexity index is 976. The van der Waals surface area contributed by atoms with E-state index in [0.717, 1.165) is 48.6 Å². The fourth-order valence-corrected chi connectivity index (χ4v) is 4.05. The Morgan fingerprint density at radius 2 is 2.09 bits per heavy atom. The van der Waals surface area contributed by atoms with Crippen LogP contribution in [0.15, 0.2) is 47.5 Å². The van der Waals surface area contributed by atoms with Crippen LogP contribution in [0, 0.1) is 6.92 Å². The number of para-hydroxylation sites is 1. The van der Waals surface area contributed by atoms with Crippen LogP contribution in [-0.2, 0) is 22.5 Å². The molecule has 178 valence electrons. The Morgan fingerprint density at radius 1 is 1.24 bits per heavy atom. The quantitative estimate of drug-likeness (QED) is 0.307. The number of nitrogens with zero attached hydrogens (tertiary/aromatic N) is 2. The summed E-state index contributed by atoms with van der Waals surface area (Å²) < 4.78 is 11.6. The van der Waals surface area contributed by atoms with Crippen LogP contribution in [-0.4, -0.2) is 50.8 Å². The fraction of sp³-hybridized carbons (Fsp3) is 0.440. The van der Waals surface area contributed by atoms with Crippen molar-refractivity contribution in [2.75, 3.05) is 37.7 Å². The predicted molar refractivity (Wildman–Crippen MR) is 142 cm³/mol. The number of amides is 1. The predicted octanol–water partition coefficient (Wildman–Crippen LogP) is 3.43. The molecule has 2 aliphatic rings. The minimum Gasteiger partial charge on any atom is -0.488 e. The maximum atomic E-state index is 12.8. The molecule has 0 radical (unpaired) electrons. The van der Waals surface area contributed by atoms with Gasteiger partial charge in [-0.2, -0.15) is 0 Å². The summed E-state index contributed by atoms with van der Waals surface area (Å²) in [6.45, 7) is 7.52. The Hall–Kier alpha value is -2.33. The van der Waals surface area contributed by atoms with E-state index in [-0.39, 0.29) is 42.5 Å². The average Bonchev–Trinajstić information content (AvgIpc) is 3.46. The van der Waals surface area contributed by atoms with Crippen LogP contribution >= 0.6 is 24.0 Å². The number of benzene rings is 2. The molecule has 0 saturated carbocycles. The molecule has 33 heavy (non-hydrogen) atoms. The number of guanidine groups is 1. The number of carbonyl (C=O) groups is 1. The molecule has 0 spiro atoms. The highest BCUT2D eigenvalue weighted by Crippen LogP contribution is 2.27. The van der Waals surface area contributed by atoms with Crippen molar-refractivity contribution in [1.82, 2.24) is 10.6 Å². The van der Waals surface area contributed by atoms with E-state index in [0.29, 0.717) is 25.7 Å². The van der Waals surface area contributed by atoms with Crippen LogP contribution in [0.4, 0.5) is 5.69 Å². The summed E-state index contributed by atoms with van der Waals surface area (Å²) in [5.74, 6) is 1.51. The highest BCUT2D eigenvalue weighted by Gasteiger charge is 2.24. The van der Waals surface area contributed by atoms with Gasteiger partial charge in [0.05, 0.1) is 26.3 Å². The fourth-order valence-electron chi connectivity index (χ4n) is 4.05. The zero-order chi connectivity index (χ0) is 22.3. The lowest BCUT2D eigenvalue weighted by molar-refractivity contribution is -0.117. The molecule has 1 amide bonds. The number of hydrogen-bond acceptors (Lipinski definition) is 4. The number of ether oxygens (including phenoxy) is 2. The van der Waals surface area contributed by atoms with Crippen LogP contribution in [0.5, 0.6) is 5.75 Å². The van der Waals surface area contributed by atoms with E-state index < -0.39 is 0 Å². The molecule has 1 fully saturated rings.